The van der Waals surface area contributed by atoms with Crippen molar-refractivity contribution < 1.29 is 0 Å². The summed E-state index contributed by atoms with van der Waals surface area (Å²) in [5, 5.41) is 7.90. The summed E-state index contributed by atoms with van der Waals surface area (Å²) in [6.07, 6.45) is 10.1. The summed E-state index contributed by atoms with van der Waals surface area (Å²) in [5.74, 6) is 0. The summed E-state index contributed by atoms with van der Waals surface area (Å²) in [5.41, 5.74) is 3.56. The molecule has 42 heavy (non-hydrogen) atoms. The molecule has 234 valence electrons. The lowest BCUT2D eigenvalue weighted by molar-refractivity contribution is -0.0479. The van der Waals surface area contributed by atoms with Crippen LogP contribution in [0.25, 0.3) is 0 Å². The number of hydrogen-bond donors (Lipinski definition) is 2. The molecule has 0 spiro atoms. The molecule has 2 saturated heterocycles. The fraction of sp³-hybridized carbons (Fsp3) is 0.684. The van der Waals surface area contributed by atoms with E-state index in [1.54, 1.807) is 0 Å². The maximum absolute atomic E-state index is 3.95. The summed E-state index contributed by atoms with van der Waals surface area (Å²) in [4.78, 5) is 5.46. The number of benzene rings is 2. The average Bonchev–Trinajstić information content (AvgIpc) is 2.90. The standard InChI is InChI=1S/C38H62N4/c1-35(2)25-33(26-36(3,4)41(35)29-31-19-13-11-14-20-31)39-23-17-9-10-18-24-40-34-27-37(5,6)42(38(7,8)28-34)30-32-21-15-12-16-22-32/h11-16,19-22,33-34,39-40H,9-10,17-18,23-30H2,1-8H3. The maximum atomic E-state index is 3.95. The molecular formula is C38H62N4. The summed E-state index contributed by atoms with van der Waals surface area (Å²) in [6, 6.07) is 23.2. The zero-order chi connectivity index (χ0) is 30.4. The molecule has 4 heteroatoms. The summed E-state index contributed by atoms with van der Waals surface area (Å²) in [7, 11) is 0. The van der Waals surface area contributed by atoms with Gasteiger partial charge in [0.15, 0.2) is 0 Å². The molecule has 4 nitrogen and oxygen atoms in total. The second-order valence-electron chi connectivity index (χ2n) is 15.9. The van der Waals surface area contributed by atoms with Crippen LogP contribution in [0.5, 0.6) is 0 Å². The van der Waals surface area contributed by atoms with Crippen LogP contribution in [0.1, 0.15) is 118 Å². The minimum absolute atomic E-state index is 0.182. The Hall–Kier alpha value is -1.72. The third-order valence-electron chi connectivity index (χ3n) is 10.2. The van der Waals surface area contributed by atoms with Gasteiger partial charge in [-0.05, 0) is 118 Å². The Morgan fingerprint density at radius 3 is 1.12 bits per heavy atom. The zero-order valence-corrected chi connectivity index (χ0v) is 28.3. The van der Waals surface area contributed by atoms with Crippen LogP contribution in [0.3, 0.4) is 0 Å². The van der Waals surface area contributed by atoms with E-state index in [2.05, 4.69) is 136 Å². The molecule has 2 aliphatic rings. The Kier molecular flexibility index (Phi) is 11.0. The molecule has 2 aromatic rings. The van der Waals surface area contributed by atoms with Gasteiger partial charge in [0.2, 0.25) is 0 Å². The van der Waals surface area contributed by atoms with Gasteiger partial charge in [0.1, 0.15) is 0 Å². The number of piperidine rings is 2. The number of hydrogen-bond acceptors (Lipinski definition) is 4. The Morgan fingerprint density at radius 1 is 0.500 bits per heavy atom. The van der Waals surface area contributed by atoms with Crippen molar-refractivity contribution in [2.24, 2.45) is 0 Å². The molecule has 2 aromatic carbocycles. The maximum Gasteiger partial charge on any atom is 0.0244 e. The fourth-order valence-corrected chi connectivity index (χ4v) is 8.53. The van der Waals surface area contributed by atoms with Crippen molar-refractivity contribution >= 4 is 0 Å². The molecule has 2 aliphatic heterocycles. The van der Waals surface area contributed by atoms with Crippen LogP contribution in [-0.4, -0.2) is 57.1 Å². The van der Waals surface area contributed by atoms with Crippen molar-refractivity contribution in [2.75, 3.05) is 13.1 Å². The molecule has 0 unspecified atom stereocenters. The molecule has 0 bridgehead atoms. The van der Waals surface area contributed by atoms with Crippen LogP contribution in [0.15, 0.2) is 60.7 Å². The van der Waals surface area contributed by atoms with Crippen LogP contribution in [0.4, 0.5) is 0 Å². The van der Waals surface area contributed by atoms with Crippen molar-refractivity contribution in [1.29, 1.82) is 0 Å². The zero-order valence-electron chi connectivity index (χ0n) is 28.3. The SMILES string of the molecule is CC1(C)CC(NCCCCCCNC2CC(C)(C)N(Cc3ccccc3)C(C)(C)C2)CC(C)(C)N1Cc1ccccc1. The van der Waals surface area contributed by atoms with Crippen LogP contribution in [0, 0.1) is 0 Å². The molecular weight excluding hydrogens is 512 g/mol. The summed E-state index contributed by atoms with van der Waals surface area (Å²) < 4.78 is 0. The van der Waals surface area contributed by atoms with E-state index in [-0.39, 0.29) is 22.2 Å². The van der Waals surface area contributed by atoms with Crippen LogP contribution < -0.4 is 10.6 Å². The molecule has 0 atom stereocenters. The van der Waals surface area contributed by atoms with E-state index >= 15 is 0 Å². The highest BCUT2D eigenvalue weighted by Crippen LogP contribution is 2.41. The van der Waals surface area contributed by atoms with Crippen LogP contribution in [0.2, 0.25) is 0 Å². The van der Waals surface area contributed by atoms with Gasteiger partial charge < -0.3 is 10.6 Å². The second kappa shape index (κ2) is 13.9. The minimum atomic E-state index is 0.182. The van der Waals surface area contributed by atoms with Crippen molar-refractivity contribution in [3.05, 3.63) is 71.8 Å². The van der Waals surface area contributed by atoms with Crippen molar-refractivity contribution in [3.63, 3.8) is 0 Å². The molecule has 2 heterocycles. The highest BCUT2D eigenvalue weighted by Gasteiger charge is 2.46. The first-order valence-electron chi connectivity index (χ1n) is 16.9. The third-order valence-corrected chi connectivity index (χ3v) is 10.2. The van der Waals surface area contributed by atoms with E-state index in [1.165, 1.54) is 62.5 Å². The van der Waals surface area contributed by atoms with E-state index in [0.29, 0.717) is 12.1 Å². The molecule has 4 rings (SSSR count). The third kappa shape index (κ3) is 8.91. The normalized spacial score (nSPS) is 22.8. The number of nitrogens with zero attached hydrogens (tertiary/aromatic N) is 2. The van der Waals surface area contributed by atoms with Gasteiger partial charge in [-0.15, -0.1) is 0 Å². The first-order valence-corrected chi connectivity index (χ1v) is 16.9. The molecule has 0 radical (unpaired) electrons. The largest absolute Gasteiger partial charge is 0.314 e. The monoisotopic (exact) mass is 574 g/mol. The smallest absolute Gasteiger partial charge is 0.0244 e. The highest BCUT2D eigenvalue weighted by atomic mass is 15.3. The summed E-state index contributed by atoms with van der Waals surface area (Å²) >= 11 is 0. The first-order chi connectivity index (χ1) is 19.8. The molecule has 2 fully saturated rings. The van der Waals surface area contributed by atoms with E-state index in [0.717, 1.165) is 26.2 Å². The number of nitrogens with one attached hydrogen (secondary N) is 2. The Balaban J connectivity index is 1.12. The average molecular weight is 575 g/mol. The van der Waals surface area contributed by atoms with Crippen LogP contribution >= 0.6 is 0 Å². The van der Waals surface area contributed by atoms with Crippen molar-refractivity contribution in [3.8, 4) is 0 Å². The summed E-state index contributed by atoms with van der Waals surface area (Å²) in [6.45, 7) is 23.9. The van der Waals surface area contributed by atoms with Crippen LogP contribution in [-0.2, 0) is 13.1 Å². The Labute approximate surface area is 259 Å². The number of rotatable bonds is 13. The van der Waals surface area contributed by atoms with E-state index in [4.69, 9.17) is 0 Å². The topological polar surface area (TPSA) is 30.5 Å². The quantitative estimate of drug-likeness (QED) is 0.236. The second-order valence-corrected chi connectivity index (χ2v) is 15.9. The lowest BCUT2D eigenvalue weighted by Crippen LogP contribution is -2.63. The first kappa shape index (κ1) is 33.2. The van der Waals surface area contributed by atoms with Gasteiger partial charge in [-0.1, -0.05) is 73.5 Å². The number of unbranched alkanes of at least 4 members (excludes halogenated alkanes) is 3. The fourth-order valence-electron chi connectivity index (χ4n) is 8.53. The predicted molar refractivity (Wildman–Crippen MR) is 181 cm³/mol. The molecule has 0 aliphatic carbocycles. The van der Waals surface area contributed by atoms with Gasteiger partial charge in [-0.3, -0.25) is 9.80 Å². The lowest BCUT2D eigenvalue weighted by Gasteiger charge is -2.55. The molecule has 2 N–H and O–H groups in total. The van der Waals surface area contributed by atoms with Gasteiger partial charge in [0, 0.05) is 47.3 Å². The van der Waals surface area contributed by atoms with Gasteiger partial charge in [-0.25, -0.2) is 0 Å². The Morgan fingerprint density at radius 2 is 0.810 bits per heavy atom. The highest BCUT2D eigenvalue weighted by molar-refractivity contribution is 5.18. The predicted octanol–water partition coefficient (Wildman–Crippen LogP) is 8.17. The number of likely N-dealkylation sites (tertiary alicyclic amines) is 2. The van der Waals surface area contributed by atoms with Gasteiger partial charge in [0.25, 0.3) is 0 Å². The van der Waals surface area contributed by atoms with E-state index in [9.17, 15) is 0 Å². The lowest BCUT2D eigenvalue weighted by atomic mass is 9.76. The van der Waals surface area contributed by atoms with Gasteiger partial charge in [-0.2, -0.15) is 0 Å². The minimum Gasteiger partial charge on any atom is -0.314 e. The van der Waals surface area contributed by atoms with Crippen molar-refractivity contribution in [1.82, 2.24) is 20.4 Å². The van der Waals surface area contributed by atoms with Gasteiger partial charge >= 0.3 is 0 Å². The van der Waals surface area contributed by atoms with E-state index < -0.39 is 0 Å². The van der Waals surface area contributed by atoms with Crippen molar-refractivity contribution in [2.45, 2.75) is 154 Å². The Bertz CT molecular complexity index is 951. The molecule has 0 amide bonds. The molecule has 0 saturated carbocycles. The van der Waals surface area contributed by atoms with E-state index in [1.807, 2.05) is 0 Å². The molecule has 0 aromatic heterocycles. The van der Waals surface area contributed by atoms with Gasteiger partial charge in [0.05, 0.1) is 0 Å².